The van der Waals surface area contributed by atoms with E-state index in [4.69, 9.17) is 5.73 Å². The number of nitrogens with two attached hydrogens (primary N) is 1. The summed E-state index contributed by atoms with van der Waals surface area (Å²) in [6, 6.07) is 0. The summed E-state index contributed by atoms with van der Waals surface area (Å²) in [6.45, 7) is 10.2. The molecule has 0 radical (unpaired) electrons. The molecule has 2 heteroatoms. The van der Waals surface area contributed by atoms with E-state index in [-0.39, 0.29) is 12.4 Å². The van der Waals surface area contributed by atoms with Gasteiger partial charge >= 0.3 is 0 Å². The molecule has 2 N–H and O–H groups in total. The third-order valence-corrected chi connectivity index (χ3v) is 3.97. The van der Waals surface area contributed by atoms with Crippen molar-refractivity contribution >= 4 is 12.4 Å². The van der Waals surface area contributed by atoms with Gasteiger partial charge < -0.3 is 5.73 Å². The first-order chi connectivity index (χ1) is 5.87. The molecule has 1 saturated carbocycles. The van der Waals surface area contributed by atoms with Gasteiger partial charge in [0.1, 0.15) is 0 Å². The predicted molar refractivity (Wildman–Crippen MR) is 65.8 cm³/mol. The van der Waals surface area contributed by atoms with Crippen LogP contribution in [-0.2, 0) is 0 Å². The van der Waals surface area contributed by atoms with Crippen molar-refractivity contribution in [1.29, 1.82) is 0 Å². The first-order valence-electron chi connectivity index (χ1n) is 5.57. The minimum Gasteiger partial charge on any atom is -0.330 e. The maximum atomic E-state index is 5.80. The fourth-order valence-electron chi connectivity index (χ4n) is 2.35. The third-order valence-electron chi connectivity index (χ3n) is 3.97. The Morgan fingerprint density at radius 3 is 2.00 bits per heavy atom. The fraction of sp³-hybridized carbons (Fsp3) is 1.00. The molecule has 0 aliphatic heterocycles. The van der Waals surface area contributed by atoms with Crippen molar-refractivity contribution in [2.45, 2.75) is 53.4 Å². The molecular weight excluding hydrogens is 194 g/mol. The summed E-state index contributed by atoms with van der Waals surface area (Å²) in [5, 5.41) is 0. The van der Waals surface area contributed by atoms with Crippen molar-refractivity contribution in [3.63, 3.8) is 0 Å². The summed E-state index contributed by atoms with van der Waals surface area (Å²) in [6.07, 6.45) is 5.50. The average molecular weight is 220 g/mol. The van der Waals surface area contributed by atoms with E-state index in [1.807, 2.05) is 0 Å². The summed E-state index contributed by atoms with van der Waals surface area (Å²) in [4.78, 5) is 0. The maximum Gasteiger partial charge on any atom is -0.00232 e. The molecule has 0 saturated heterocycles. The van der Waals surface area contributed by atoms with E-state index in [1.54, 1.807) is 0 Å². The quantitative estimate of drug-likeness (QED) is 0.755. The summed E-state index contributed by atoms with van der Waals surface area (Å²) < 4.78 is 0. The normalized spacial score (nSPS) is 22.9. The fourth-order valence-corrected chi connectivity index (χ4v) is 2.35. The minimum absolute atomic E-state index is 0. The van der Waals surface area contributed by atoms with Gasteiger partial charge in [-0.2, -0.15) is 0 Å². The maximum absolute atomic E-state index is 5.80. The van der Waals surface area contributed by atoms with E-state index in [1.165, 1.54) is 25.7 Å². The second-order valence-corrected chi connectivity index (χ2v) is 6.13. The molecule has 14 heavy (non-hydrogen) atoms. The van der Waals surface area contributed by atoms with E-state index in [9.17, 15) is 0 Å². The van der Waals surface area contributed by atoms with Crippen LogP contribution in [0.3, 0.4) is 0 Å². The lowest BCUT2D eigenvalue weighted by Gasteiger charge is -2.41. The van der Waals surface area contributed by atoms with E-state index in [2.05, 4.69) is 27.7 Å². The first kappa shape index (κ1) is 14.2. The number of hydrogen-bond donors (Lipinski definition) is 1. The Morgan fingerprint density at radius 1 is 1.21 bits per heavy atom. The van der Waals surface area contributed by atoms with Crippen LogP contribution < -0.4 is 5.73 Å². The van der Waals surface area contributed by atoms with Crippen LogP contribution in [0.25, 0.3) is 0 Å². The van der Waals surface area contributed by atoms with Crippen LogP contribution in [0.2, 0.25) is 0 Å². The summed E-state index contributed by atoms with van der Waals surface area (Å²) in [5.41, 5.74) is 6.75. The van der Waals surface area contributed by atoms with Crippen molar-refractivity contribution in [2.24, 2.45) is 22.5 Å². The zero-order valence-corrected chi connectivity index (χ0v) is 10.9. The van der Waals surface area contributed by atoms with Crippen LogP contribution >= 0.6 is 12.4 Å². The molecule has 0 heterocycles. The second kappa shape index (κ2) is 4.85. The van der Waals surface area contributed by atoms with E-state index < -0.39 is 0 Å². The number of hydrogen-bond acceptors (Lipinski definition) is 1. The highest BCUT2D eigenvalue weighted by molar-refractivity contribution is 5.85. The van der Waals surface area contributed by atoms with Crippen LogP contribution in [0, 0.1) is 16.7 Å². The Hall–Kier alpha value is 0.250. The minimum atomic E-state index is 0. The van der Waals surface area contributed by atoms with Crippen LogP contribution in [0.1, 0.15) is 53.4 Å². The zero-order chi connectivity index (χ0) is 10.1. The van der Waals surface area contributed by atoms with E-state index >= 15 is 0 Å². The van der Waals surface area contributed by atoms with Crippen molar-refractivity contribution in [1.82, 2.24) is 0 Å². The Kier molecular flexibility index (Phi) is 4.94. The van der Waals surface area contributed by atoms with Crippen molar-refractivity contribution in [3.8, 4) is 0 Å². The topological polar surface area (TPSA) is 26.0 Å². The van der Waals surface area contributed by atoms with Gasteiger partial charge in [-0.25, -0.2) is 0 Å². The Morgan fingerprint density at radius 2 is 1.64 bits per heavy atom. The number of halogens is 1. The monoisotopic (exact) mass is 219 g/mol. The largest absolute Gasteiger partial charge is 0.330 e. The average Bonchev–Trinajstić information content (AvgIpc) is 2.04. The molecule has 1 fully saturated rings. The van der Waals surface area contributed by atoms with Crippen molar-refractivity contribution < 1.29 is 0 Å². The predicted octanol–water partition coefficient (Wildman–Crippen LogP) is 3.61. The van der Waals surface area contributed by atoms with Crippen LogP contribution in [-0.4, -0.2) is 6.54 Å². The smallest absolute Gasteiger partial charge is 0.00232 e. The molecule has 1 aliphatic rings. The molecule has 1 nitrogen and oxygen atoms in total. The molecule has 1 aliphatic carbocycles. The van der Waals surface area contributed by atoms with E-state index in [0.29, 0.717) is 10.8 Å². The Bertz CT molecular complexity index is 165. The van der Waals surface area contributed by atoms with Crippen molar-refractivity contribution in [2.75, 3.05) is 6.54 Å². The molecule has 0 spiro atoms. The highest BCUT2D eigenvalue weighted by atomic mass is 35.5. The first-order valence-corrected chi connectivity index (χ1v) is 5.57. The van der Waals surface area contributed by atoms with Gasteiger partial charge in [0.2, 0.25) is 0 Å². The zero-order valence-electron chi connectivity index (χ0n) is 10.1. The van der Waals surface area contributed by atoms with Crippen molar-refractivity contribution in [3.05, 3.63) is 0 Å². The second-order valence-electron chi connectivity index (χ2n) is 6.13. The molecule has 0 amide bonds. The molecular formula is C12H26ClN. The van der Waals surface area contributed by atoms with Crippen LogP contribution in [0.15, 0.2) is 0 Å². The molecule has 0 aromatic carbocycles. The lowest BCUT2D eigenvalue weighted by molar-refractivity contribution is 0.104. The van der Waals surface area contributed by atoms with Gasteiger partial charge in [-0.3, -0.25) is 0 Å². The van der Waals surface area contributed by atoms with Gasteiger partial charge in [0, 0.05) is 0 Å². The molecule has 86 valence electrons. The molecule has 0 bridgehead atoms. The highest BCUT2D eigenvalue weighted by Crippen LogP contribution is 2.44. The van der Waals surface area contributed by atoms with Gasteiger partial charge in [0.15, 0.2) is 0 Å². The molecule has 0 aromatic rings. The summed E-state index contributed by atoms with van der Waals surface area (Å²) in [5.74, 6) is 0.852. The van der Waals surface area contributed by atoms with Gasteiger partial charge in [0.25, 0.3) is 0 Å². The lowest BCUT2D eigenvalue weighted by Crippen LogP contribution is -2.36. The molecule has 1 rings (SSSR count). The summed E-state index contributed by atoms with van der Waals surface area (Å²) >= 11 is 0. The van der Waals surface area contributed by atoms with E-state index in [0.717, 1.165) is 12.5 Å². The van der Waals surface area contributed by atoms with Gasteiger partial charge in [0.05, 0.1) is 0 Å². The highest BCUT2D eigenvalue weighted by Gasteiger charge is 2.34. The van der Waals surface area contributed by atoms with Crippen LogP contribution in [0.4, 0.5) is 0 Å². The third kappa shape index (κ3) is 3.43. The van der Waals surface area contributed by atoms with Gasteiger partial charge in [-0.05, 0) is 49.0 Å². The standard InChI is InChI=1S/C12H25N.ClH/c1-11(2)7-5-10(6-8-11)12(3,4)9-13;/h10H,5-9,13H2,1-4H3;1H. The Labute approximate surface area is 95.2 Å². The Balaban J connectivity index is 0.00000169. The van der Waals surface area contributed by atoms with Gasteiger partial charge in [-0.15, -0.1) is 12.4 Å². The molecule has 0 unspecified atom stereocenters. The van der Waals surface area contributed by atoms with Gasteiger partial charge in [-0.1, -0.05) is 27.7 Å². The van der Waals surface area contributed by atoms with Crippen LogP contribution in [0.5, 0.6) is 0 Å². The number of rotatable bonds is 2. The summed E-state index contributed by atoms with van der Waals surface area (Å²) in [7, 11) is 0. The SMILES string of the molecule is CC1(C)CCC(C(C)(C)CN)CC1.Cl. The molecule has 0 aromatic heterocycles. The lowest BCUT2D eigenvalue weighted by atomic mass is 9.65. The molecule has 0 atom stereocenters.